The standard InChI is InChI=1S/C19H18FN3O2/c1-2-10-23(13-15-6-4-3-5-7-15)14-16-11-17(20)8-9-18(16)25-19(24)12-22-21/h2-9,11-12H,1,10,13-14H2. The Morgan fingerprint density at radius 1 is 1.24 bits per heavy atom. The Hall–Kier alpha value is -3.08. The van der Waals surface area contributed by atoms with Gasteiger partial charge in [0.2, 0.25) is 0 Å². The van der Waals surface area contributed by atoms with Gasteiger partial charge in [0, 0.05) is 25.2 Å². The summed E-state index contributed by atoms with van der Waals surface area (Å²) in [6, 6.07) is 13.7. The Morgan fingerprint density at radius 2 is 2.00 bits per heavy atom. The monoisotopic (exact) mass is 339 g/mol. The summed E-state index contributed by atoms with van der Waals surface area (Å²) in [5, 5.41) is 0. The molecule has 2 aromatic rings. The molecular weight excluding hydrogens is 321 g/mol. The van der Waals surface area contributed by atoms with Gasteiger partial charge in [-0.2, -0.15) is 4.79 Å². The number of benzene rings is 2. The molecule has 2 rings (SSSR count). The maximum absolute atomic E-state index is 13.7. The van der Waals surface area contributed by atoms with Crippen LogP contribution < -0.4 is 4.74 Å². The molecule has 0 fully saturated rings. The number of rotatable bonds is 8. The lowest BCUT2D eigenvalue weighted by atomic mass is 10.1. The van der Waals surface area contributed by atoms with Gasteiger partial charge in [0.25, 0.3) is 0 Å². The van der Waals surface area contributed by atoms with Crippen molar-refractivity contribution in [3.8, 4) is 5.75 Å². The fourth-order valence-corrected chi connectivity index (χ4v) is 2.40. The molecule has 0 aromatic heterocycles. The second kappa shape index (κ2) is 9.27. The van der Waals surface area contributed by atoms with Crippen LogP contribution in [0.4, 0.5) is 4.39 Å². The van der Waals surface area contributed by atoms with Crippen LogP contribution >= 0.6 is 0 Å². The Kier molecular flexibility index (Phi) is 6.77. The van der Waals surface area contributed by atoms with Crippen molar-refractivity contribution in [2.75, 3.05) is 6.54 Å². The Labute approximate surface area is 145 Å². The SMILES string of the molecule is C=CCN(Cc1ccccc1)Cc1cc(F)ccc1OC(=O)C=[N+]=[N-]. The Morgan fingerprint density at radius 3 is 2.68 bits per heavy atom. The summed E-state index contributed by atoms with van der Waals surface area (Å²) in [4.78, 5) is 16.2. The zero-order valence-electron chi connectivity index (χ0n) is 13.6. The van der Waals surface area contributed by atoms with Crippen LogP contribution in [0.1, 0.15) is 11.1 Å². The van der Waals surface area contributed by atoms with Crippen LogP contribution in [0.25, 0.3) is 5.53 Å². The van der Waals surface area contributed by atoms with E-state index in [1.165, 1.54) is 18.2 Å². The predicted octanol–water partition coefficient (Wildman–Crippen LogP) is 3.22. The number of nitrogens with zero attached hydrogens (tertiary/aromatic N) is 3. The van der Waals surface area contributed by atoms with Gasteiger partial charge in [-0.15, -0.1) is 6.58 Å². The van der Waals surface area contributed by atoms with E-state index in [1.54, 1.807) is 6.08 Å². The van der Waals surface area contributed by atoms with E-state index in [1.807, 2.05) is 35.2 Å². The van der Waals surface area contributed by atoms with Gasteiger partial charge in [0.1, 0.15) is 11.6 Å². The number of halogens is 1. The Bertz CT molecular complexity index is 787. The lowest BCUT2D eigenvalue weighted by Crippen LogP contribution is -2.23. The van der Waals surface area contributed by atoms with Crippen molar-refractivity contribution in [2.45, 2.75) is 13.1 Å². The average molecular weight is 339 g/mol. The third-order valence-corrected chi connectivity index (χ3v) is 3.43. The van der Waals surface area contributed by atoms with Crippen molar-refractivity contribution in [3.63, 3.8) is 0 Å². The number of carbonyl (C=O) groups is 1. The molecule has 0 spiro atoms. The maximum atomic E-state index is 13.7. The minimum atomic E-state index is -0.839. The van der Waals surface area contributed by atoms with Gasteiger partial charge in [-0.25, -0.2) is 9.18 Å². The summed E-state index contributed by atoms with van der Waals surface area (Å²) in [5.41, 5.74) is 10.0. The Balaban J connectivity index is 2.22. The van der Waals surface area contributed by atoms with Crippen LogP contribution in [0.15, 0.2) is 61.2 Å². The number of esters is 1. The van der Waals surface area contributed by atoms with E-state index in [4.69, 9.17) is 10.3 Å². The van der Waals surface area contributed by atoms with Crippen molar-refractivity contribution in [2.24, 2.45) is 0 Å². The van der Waals surface area contributed by atoms with Gasteiger partial charge < -0.3 is 10.3 Å². The van der Waals surface area contributed by atoms with E-state index >= 15 is 0 Å². The van der Waals surface area contributed by atoms with Gasteiger partial charge in [0.05, 0.1) is 0 Å². The van der Waals surface area contributed by atoms with Crippen LogP contribution in [-0.2, 0) is 17.9 Å². The summed E-state index contributed by atoms with van der Waals surface area (Å²) in [5.74, 6) is -1.05. The molecule has 0 aliphatic carbocycles. The van der Waals surface area contributed by atoms with Crippen molar-refractivity contribution in [1.82, 2.24) is 4.90 Å². The summed E-state index contributed by atoms with van der Waals surface area (Å²) >= 11 is 0. The lowest BCUT2D eigenvalue weighted by Gasteiger charge is -2.22. The number of hydrogen-bond acceptors (Lipinski definition) is 3. The lowest BCUT2D eigenvalue weighted by molar-refractivity contribution is -0.130. The molecule has 0 atom stereocenters. The molecular formula is C19H18FN3O2. The second-order valence-electron chi connectivity index (χ2n) is 5.36. The number of ether oxygens (including phenoxy) is 1. The first-order chi connectivity index (χ1) is 12.1. The second-order valence-corrected chi connectivity index (χ2v) is 5.36. The van der Waals surface area contributed by atoms with Crippen LogP contribution in [-0.4, -0.2) is 28.4 Å². The first kappa shape index (κ1) is 18.3. The highest BCUT2D eigenvalue weighted by Gasteiger charge is 2.14. The zero-order chi connectivity index (χ0) is 18.1. The minimum Gasteiger partial charge on any atom is -0.418 e. The quantitative estimate of drug-likeness (QED) is 0.185. The van der Waals surface area contributed by atoms with Gasteiger partial charge in [-0.1, -0.05) is 36.4 Å². The molecule has 0 bridgehead atoms. The molecule has 128 valence electrons. The molecule has 6 heteroatoms. The third-order valence-electron chi connectivity index (χ3n) is 3.43. The summed E-state index contributed by atoms with van der Waals surface area (Å²) in [7, 11) is 0. The van der Waals surface area contributed by atoms with Crippen molar-refractivity contribution in [1.29, 1.82) is 0 Å². The molecule has 0 aliphatic heterocycles. The fourth-order valence-electron chi connectivity index (χ4n) is 2.40. The van der Waals surface area contributed by atoms with E-state index in [-0.39, 0.29) is 5.75 Å². The first-order valence-electron chi connectivity index (χ1n) is 7.67. The van der Waals surface area contributed by atoms with E-state index in [0.717, 1.165) is 5.56 Å². The molecule has 0 saturated carbocycles. The topological polar surface area (TPSA) is 65.9 Å². The molecule has 0 unspecified atom stereocenters. The summed E-state index contributed by atoms with van der Waals surface area (Å²) in [6.07, 6.45) is 2.39. The van der Waals surface area contributed by atoms with E-state index in [2.05, 4.69) is 11.4 Å². The van der Waals surface area contributed by atoms with Gasteiger partial charge in [0.15, 0.2) is 0 Å². The minimum absolute atomic E-state index is 0.216. The summed E-state index contributed by atoms with van der Waals surface area (Å²) < 4.78 is 18.8. The van der Waals surface area contributed by atoms with Crippen molar-refractivity contribution in [3.05, 3.63) is 83.7 Å². The highest BCUT2D eigenvalue weighted by Crippen LogP contribution is 2.22. The normalized spacial score (nSPS) is 10.2. The summed E-state index contributed by atoms with van der Waals surface area (Å²) in [6.45, 7) is 5.32. The molecule has 2 aromatic carbocycles. The smallest absolute Gasteiger partial charge is 0.418 e. The van der Waals surface area contributed by atoms with Gasteiger partial charge in [-0.3, -0.25) is 4.90 Å². The molecule has 0 radical (unpaired) electrons. The molecule has 25 heavy (non-hydrogen) atoms. The molecule has 0 saturated heterocycles. The van der Waals surface area contributed by atoms with Crippen molar-refractivity contribution < 1.29 is 18.7 Å². The predicted molar refractivity (Wildman–Crippen MR) is 92.5 cm³/mol. The highest BCUT2D eigenvalue weighted by atomic mass is 19.1. The first-order valence-corrected chi connectivity index (χ1v) is 7.67. The number of carbonyl (C=O) groups excluding carboxylic acids is 1. The van der Waals surface area contributed by atoms with Crippen LogP contribution in [0, 0.1) is 5.82 Å². The molecule has 0 aliphatic rings. The van der Waals surface area contributed by atoms with E-state index in [0.29, 0.717) is 31.4 Å². The van der Waals surface area contributed by atoms with E-state index < -0.39 is 11.8 Å². The largest absolute Gasteiger partial charge is 0.419 e. The molecule has 0 heterocycles. The van der Waals surface area contributed by atoms with Gasteiger partial charge in [-0.05, 0) is 23.8 Å². The van der Waals surface area contributed by atoms with Crippen LogP contribution in [0.2, 0.25) is 0 Å². The van der Waals surface area contributed by atoms with Gasteiger partial charge >= 0.3 is 12.2 Å². The van der Waals surface area contributed by atoms with Crippen LogP contribution in [0.3, 0.4) is 0 Å². The maximum Gasteiger partial charge on any atom is 0.419 e. The average Bonchev–Trinajstić information content (AvgIpc) is 2.59. The molecule has 0 amide bonds. The fraction of sp³-hybridized carbons (Fsp3) is 0.158. The zero-order valence-corrected chi connectivity index (χ0v) is 13.6. The highest BCUT2D eigenvalue weighted by molar-refractivity contribution is 6.21. The van der Waals surface area contributed by atoms with E-state index in [9.17, 15) is 9.18 Å². The molecule has 5 nitrogen and oxygen atoms in total. The van der Waals surface area contributed by atoms with Crippen molar-refractivity contribution >= 4 is 12.2 Å². The third kappa shape index (κ3) is 5.80. The number of hydrogen-bond donors (Lipinski definition) is 0. The van der Waals surface area contributed by atoms with Crippen LogP contribution in [0.5, 0.6) is 5.75 Å². The molecule has 0 N–H and O–H groups in total.